The molecule has 0 aliphatic heterocycles. The Hall–Kier alpha value is -1.53. The van der Waals surface area contributed by atoms with Gasteiger partial charge in [0.05, 0.1) is 12.7 Å². The Labute approximate surface area is 103 Å². The summed E-state index contributed by atoms with van der Waals surface area (Å²) in [5.74, 6) is 0.918. The first-order chi connectivity index (χ1) is 8.24. The maximum Gasteiger partial charge on any atom is 0.122 e. The third kappa shape index (κ3) is 5.37. The lowest BCUT2D eigenvalue weighted by molar-refractivity contribution is 0.304. The van der Waals surface area contributed by atoms with Crippen molar-refractivity contribution in [2.75, 3.05) is 6.61 Å². The van der Waals surface area contributed by atoms with Crippen LogP contribution < -0.4 is 10.5 Å². The Balaban J connectivity index is 2.44. The summed E-state index contributed by atoms with van der Waals surface area (Å²) >= 11 is 0. The third-order valence-corrected chi connectivity index (χ3v) is 2.45. The lowest BCUT2D eigenvalue weighted by Gasteiger charge is -2.12. The molecule has 1 rings (SSSR count). The largest absolute Gasteiger partial charge is 0.493 e. The predicted octanol–water partition coefficient (Wildman–Crippen LogP) is 2.65. The van der Waals surface area contributed by atoms with Gasteiger partial charge in [-0.2, -0.15) is 5.26 Å². The molecular weight excluding hydrogens is 212 g/mol. The summed E-state index contributed by atoms with van der Waals surface area (Å²) in [6, 6.07) is 10.3. The molecule has 17 heavy (non-hydrogen) atoms. The van der Waals surface area contributed by atoms with Gasteiger partial charge in [-0.1, -0.05) is 18.2 Å². The smallest absolute Gasteiger partial charge is 0.122 e. The molecule has 0 bridgehead atoms. The highest BCUT2D eigenvalue weighted by Gasteiger charge is 2.04. The van der Waals surface area contributed by atoms with E-state index in [2.05, 4.69) is 6.07 Å². The van der Waals surface area contributed by atoms with Crippen molar-refractivity contribution in [2.45, 2.75) is 38.6 Å². The Kier molecular flexibility index (Phi) is 6.13. The molecule has 1 aromatic carbocycles. The van der Waals surface area contributed by atoms with E-state index in [1.54, 1.807) is 0 Å². The molecule has 1 aromatic rings. The van der Waals surface area contributed by atoms with Crippen molar-refractivity contribution < 1.29 is 4.74 Å². The average Bonchev–Trinajstić information content (AvgIpc) is 2.30. The summed E-state index contributed by atoms with van der Waals surface area (Å²) < 4.78 is 5.72. The summed E-state index contributed by atoms with van der Waals surface area (Å²) in [7, 11) is 0. The molecular formula is C14H20N2O. The van der Waals surface area contributed by atoms with E-state index >= 15 is 0 Å². The van der Waals surface area contributed by atoms with E-state index in [1.807, 2.05) is 31.2 Å². The first-order valence-corrected chi connectivity index (χ1v) is 6.07. The van der Waals surface area contributed by atoms with Crippen molar-refractivity contribution in [3.05, 3.63) is 29.8 Å². The van der Waals surface area contributed by atoms with E-state index in [0.29, 0.717) is 13.0 Å². The fourth-order valence-electron chi connectivity index (χ4n) is 1.65. The minimum atomic E-state index is 0.137. The van der Waals surface area contributed by atoms with Crippen molar-refractivity contribution >= 4 is 0 Å². The van der Waals surface area contributed by atoms with Crippen LogP contribution in [0.25, 0.3) is 0 Å². The van der Waals surface area contributed by atoms with Gasteiger partial charge in [-0.15, -0.1) is 0 Å². The van der Waals surface area contributed by atoms with Crippen molar-refractivity contribution in [3.8, 4) is 11.8 Å². The summed E-state index contributed by atoms with van der Waals surface area (Å²) in [5, 5.41) is 8.42. The standard InChI is InChI=1S/C14H20N2O/c1-12(16)11-13-7-3-4-8-14(13)17-10-6-2-5-9-15/h3-4,7-8,12H,2,5-6,10-11,16H2,1H3. The number of nitrogens with two attached hydrogens (primary N) is 1. The monoisotopic (exact) mass is 232 g/mol. The molecule has 0 radical (unpaired) electrons. The number of hydrogen-bond donors (Lipinski definition) is 1. The SMILES string of the molecule is CC(N)Cc1ccccc1OCCCCC#N. The van der Waals surface area contributed by atoms with E-state index < -0.39 is 0 Å². The average molecular weight is 232 g/mol. The van der Waals surface area contributed by atoms with Gasteiger partial charge in [0.1, 0.15) is 5.75 Å². The summed E-state index contributed by atoms with van der Waals surface area (Å²) in [5.41, 5.74) is 6.95. The highest BCUT2D eigenvalue weighted by Crippen LogP contribution is 2.19. The molecule has 0 aliphatic carbocycles. The molecule has 1 atom stereocenters. The van der Waals surface area contributed by atoms with Crippen LogP contribution in [0.1, 0.15) is 31.7 Å². The highest BCUT2D eigenvalue weighted by molar-refractivity contribution is 5.33. The van der Waals surface area contributed by atoms with Crippen molar-refractivity contribution in [1.82, 2.24) is 0 Å². The Bertz CT molecular complexity index is 369. The maximum atomic E-state index is 8.42. The number of nitriles is 1. The highest BCUT2D eigenvalue weighted by atomic mass is 16.5. The minimum absolute atomic E-state index is 0.137. The number of para-hydroxylation sites is 1. The molecule has 0 aromatic heterocycles. The molecule has 0 amide bonds. The molecule has 92 valence electrons. The van der Waals surface area contributed by atoms with Gasteiger partial charge in [-0.25, -0.2) is 0 Å². The Morgan fingerprint density at radius 1 is 1.35 bits per heavy atom. The van der Waals surface area contributed by atoms with E-state index in [9.17, 15) is 0 Å². The fraction of sp³-hybridized carbons (Fsp3) is 0.500. The summed E-state index contributed by atoms with van der Waals surface area (Å²) in [4.78, 5) is 0. The molecule has 0 spiro atoms. The van der Waals surface area contributed by atoms with E-state index in [0.717, 1.165) is 30.6 Å². The van der Waals surface area contributed by atoms with Crippen LogP contribution in [-0.2, 0) is 6.42 Å². The van der Waals surface area contributed by atoms with Gasteiger partial charge in [0.25, 0.3) is 0 Å². The minimum Gasteiger partial charge on any atom is -0.493 e. The molecule has 0 saturated heterocycles. The number of ether oxygens (including phenoxy) is 1. The van der Waals surface area contributed by atoms with Gasteiger partial charge >= 0.3 is 0 Å². The van der Waals surface area contributed by atoms with E-state index in [1.165, 1.54) is 0 Å². The molecule has 0 fully saturated rings. The number of rotatable bonds is 7. The van der Waals surface area contributed by atoms with Crippen LogP contribution >= 0.6 is 0 Å². The van der Waals surface area contributed by atoms with E-state index in [4.69, 9.17) is 15.7 Å². The van der Waals surface area contributed by atoms with Crippen LogP contribution in [-0.4, -0.2) is 12.6 Å². The number of unbranched alkanes of at least 4 members (excludes halogenated alkanes) is 2. The second-order valence-electron chi connectivity index (χ2n) is 4.25. The van der Waals surface area contributed by atoms with Crippen molar-refractivity contribution in [2.24, 2.45) is 5.73 Å². The second kappa shape index (κ2) is 7.70. The molecule has 2 N–H and O–H groups in total. The zero-order valence-electron chi connectivity index (χ0n) is 10.4. The Morgan fingerprint density at radius 2 is 2.12 bits per heavy atom. The van der Waals surface area contributed by atoms with Crippen molar-refractivity contribution in [3.63, 3.8) is 0 Å². The van der Waals surface area contributed by atoms with Crippen LogP contribution in [0, 0.1) is 11.3 Å². The number of benzene rings is 1. The summed E-state index contributed by atoms with van der Waals surface area (Å²) in [6.45, 7) is 2.65. The van der Waals surface area contributed by atoms with Crippen LogP contribution in [0.4, 0.5) is 0 Å². The maximum absolute atomic E-state index is 8.42. The molecule has 0 aliphatic rings. The van der Waals surface area contributed by atoms with Gasteiger partial charge in [-0.3, -0.25) is 0 Å². The predicted molar refractivity (Wildman–Crippen MR) is 68.8 cm³/mol. The van der Waals surface area contributed by atoms with Gasteiger partial charge in [0, 0.05) is 12.5 Å². The normalized spacial score (nSPS) is 11.8. The molecule has 0 heterocycles. The second-order valence-corrected chi connectivity index (χ2v) is 4.25. The zero-order chi connectivity index (χ0) is 12.5. The van der Waals surface area contributed by atoms with Gasteiger partial charge in [0.15, 0.2) is 0 Å². The first-order valence-electron chi connectivity index (χ1n) is 6.07. The third-order valence-electron chi connectivity index (χ3n) is 2.45. The van der Waals surface area contributed by atoms with E-state index in [-0.39, 0.29) is 6.04 Å². The summed E-state index contributed by atoms with van der Waals surface area (Å²) in [6.07, 6.45) is 3.24. The van der Waals surface area contributed by atoms with Crippen LogP contribution in [0.15, 0.2) is 24.3 Å². The van der Waals surface area contributed by atoms with Gasteiger partial charge in [0.2, 0.25) is 0 Å². The van der Waals surface area contributed by atoms with Crippen LogP contribution in [0.2, 0.25) is 0 Å². The molecule has 1 unspecified atom stereocenters. The lowest BCUT2D eigenvalue weighted by Crippen LogP contribution is -2.18. The van der Waals surface area contributed by atoms with Gasteiger partial charge < -0.3 is 10.5 Å². The Morgan fingerprint density at radius 3 is 2.82 bits per heavy atom. The number of nitrogens with zero attached hydrogens (tertiary/aromatic N) is 1. The topological polar surface area (TPSA) is 59.0 Å². The van der Waals surface area contributed by atoms with Crippen LogP contribution in [0.3, 0.4) is 0 Å². The lowest BCUT2D eigenvalue weighted by atomic mass is 10.1. The quantitative estimate of drug-likeness (QED) is 0.735. The number of hydrogen-bond acceptors (Lipinski definition) is 3. The van der Waals surface area contributed by atoms with Gasteiger partial charge in [-0.05, 0) is 37.8 Å². The zero-order valence-corrected chi connectivity index (χ0v) is 10.4. The van der Waals surface area contributed by atoms with Crippen LogP contribution in [0.5, 0.6) is 5.75 Å². The molecule has 0 saturated carbocycles. The first kappa shape index (κ1) is 13.5. The van der Waals surface area contributed by atoms with Crippen molar-refractivity contribution in [1.29, 1.82) is 5.26 Å². The molecule has 3 nitrogen and oxygen atoms in total. The fourth-order valence-corrected chi connectivity index (χ4v) is 1.65. The molecule has 3 heteroatoms.